The van der Waals surface area contributed by atoms with Crippen molar-refractivity contribution in [1.29, 1.82) is 0 Å². The third-order valence-corrected chi connectivity index (χ3v) is 3.63. The Balaban J connectivity index is 2.41. The standard InChI is InChI=1S/C9H14O2/c1-8-4-2-5-9(8,11)7(10)3-6-8/h11H,2-6H2,1H3/t8-,9-/m0/s1. The van der Waals surface area contributed by atoms with Crippen LogP contribution >= 0.6 is 0 Å². The normalized spacial score (nSPS) is 49.8. The summed E-state index contributed by atoms with van der Waals surface area (Å²) in [4.78, 5) is 11.3. The predicted molar refractivity (Wildman–Crippen MR) is 41.1 cm³/mol. The SMILES string of the molecule is C[C@@]12CCC[C@]1(O)C(=O)CC2. The monoisotopic (exact) mass is 154 g/mol. The highest BCUT2D eigenvalue weighted by Gasteiger charge is 2.59. The lowest BCUT2D eigenvalue weighted by molar-refractivity contribution is -0.139. The molecule has 0 amide bonds. The molecule has 62 valence electrons. The summed E-state index contributed by atoms with van der Waals surface area (Å²) in [5.74, 6) is 0.0810. The highest BCUT2D eigenvalue weighted by molar-refractivity contribution is 5.90. The lowest BCUT2D eigenvalue weighted by Gasteiger charge is -2.30. The van der Waals surface area contributed by atoms with Crippen LogP contribution in [-0.4, -0.2) is 16.5 Å². The molecule has 2 atom stereocenters. The molecule has 2 fully saturated rings. The van der Waals surface area contributed by atoms with Crippen molar-refractivity contribution in [2.24, 2.45) is 5.41 Å². The Morgan fingerprint density at radius 1 is 1.36 bits per heavy atom. The van der Waals surface area contributed by atoms with Gasteiger partial charge < -0.3 is 5.11 Å². The molecule has 0 saturated heterocycles. The Labute approximate surface area is 66.6 Å². The van der Waals surface area contributed by atoms with E-state index in [-0.39, 0.29) is 11.2 Å². The van der Waals surface area contributed by atoms with Crippen molar-refractivity contribution in [3.05, 3.63) is 0 Å². The lowest BCUT2D eigenvalue weighted by atomic mass is 9.79. The minimum atomic E-state index is -0.938. The Hall–Kier alpha value is -0.370. The van der Waals surface area contributed by atoms with E-state index in [0.29, 0.717) is 12.8 Å². The van der Waals surface area contributed by atoms with Crippen molar-refractivity contribution in [2.75, 3.05) is 0 Å². The van der Waals surface area contributed by atoms with E-state index in [9.17, 15) is 9.90 Å². The van der Waals surface area contributed by atoms with Crippen LogP contribution in [0.15, 0.2) is 0 Å². The van der Waals surface area contributed by atoms with Gasteiger partial charge in [-0.25, -0.2) is 0 Å². The second-order valence-corrected chi connectivity index (χ2v) is 4.20. The first kappa shape index (κ1) is 7.29. The zero-order valence-corrected chi connectivity index (χ0v) is 6.89. The third-order valence-electron chi connectivity index (χ3n) is 3.63. The van der Waals surface area contributed by atoms with Gasteiger partial charge in [-0.2, -0.15) is 0 Å². The van der Waals surface area contributed by atoms with E-state index >= 15 is 0 Å². The number of Topliss-reactive ketones (excluding diaryl/α,β-unsaturated/α-hetero) is 1. The number of aliphatic hydroxyl groups is 1. The van der Waals surface area contributed by atoms with Crippen LogP contribution < -0.4 is 0 Å². The van der Waals surface area contributed by atoms with E-state index in [1.54, 1.807) is 0 Å². The predicted octanol–water partition coefficient (Wildman–Crippen LogP) is 1.27. The summed E-state index contributed by atoms with van der Waals surface area (Å²) in [5.41, 5.74) is -1.02. The molecule has 0 aromatic heterocycles. The lowest BCUT2D eigenvalue weighted by Crippen LogP contribution is -2.42. The van der Waals surface area contributed by atoms with E-state index in [0.717, 1.165) is 19.3 Å². The molecule has 1 N–H and O–H groups in total. The number of carbonyl (C=O) groups excluding carboxylic acids is 1. The zero-order valence-electron chi connectivity index (χ0n) is 6.89. The largest absolute Gasteiger partial charge is 0.382 e. The summed E-state index contributed by atoms with van der Waals surface area (Å²) in [6.45, 7) is 2.05. The fraction of sp³-hybridized carbons (Fsp3) is 0.889. The molecule has 0 aromatic carbocycles. The molecule has 2 heteroatoms. The van der Waals surface area contributed by atoms with Gasteiger partial charge in [0, 0.05) is 11.8 Å². The maximum absolute atomic E-state index is 11.3. The topological polar surface area (TPSA) is 37.3 Å². The molecule has 2 saturated carbocycles. The highest BCUT2D eigenvalue weighted by atomic mass is 16.3. The van der Waals surface area contributed by atoms with E-state index in [2.05, 4.69) is 0 Å². The Kier molecular flexibility index (Phi) is 1.23. The second kappa shape index (κ2) is 1.86. The molecule has 0 aliphatic heterocycles. The van der Waals surface area contributed by atoms with Gasteiger partial charge in [0.15, 0.2) is 5.78 Å². The summed E-state index contributed by atoms with van der Waals surface area (Å²) in [7, 11) is 0. The van der Waals surface area contributed by atoms with Crippen molar-refractivity contribution >= 4 is 5.78 Å². The minimum Gasteiger partial charge on any atom is -0.382 e. The first-order chi connectivity index (χ1) is 5.08. The maximum atomic E-state index is 11.3. The van der Waals surface area contributed by atoms with Crippen molar-refractivity contribution < 1.29 is 9.90 Å². The molecule has 2 rings (SSSR count). The average Bonchev–Trinajstić information content (AvgIpc) is 2.34. The van der Waals surface area contributed by atoms with Crippen molar-refractivity contribution in [1.82, 2.24) is 0 Å². The van der Waals surface area contributed by atoms with Crippen LogP contribution in [0.3, 0.4) is 0 Å². The van der Waals surface area contributed by atoms with E-state index < -0.39 is 5.60 Å². The molecule has 2 aliphatic carbocycles. The molecule has 2 nitrogen and oxygen atoms in total. The van der Waals surface area contributed by atoms with Gasteiger partial charge in [0.1, 0.15) is 5.60 Å². The number of fused-ring (bicyclic) bond motifs is 1. The molecule has 11 heavy (non-hydrogen) atoms. The Morgan fingerprint density at radius 2 is 2.09 bits per heavy atom. The second-order valence-electron chi connectivity index (χ2n) is 4.20. The van der Waals surface area contributed by atoms with Crippen molar-refractivity contribution in [3.63, 3.8) is 0 Å². The van der Waals surface area contributed by atoms with Crippen LogP contribution in [0.5, 0.6) is 0 Å². The van der Waals surface area contributed by atoms with E-state index in [1.807, 2.05) is 6.92 Å². The Morgan fingerprint density at radius 3 is 2.73 bits per heavy atom. The minimum absolute atomic E-state index is 0.0793. The van der Waals surface area contributed by atoms with Crippen LogP contribution in [-0.2, 0) is 4.79 Å². The van der Waals surface area contributed by atoms with Gasteiger partial charge in [-0.05, 0) is 25.7 Å². The van der Waals surface area contributed by atoms with Gasteiger partial charge >= 0.3 is 0 Å². The van der Waals surface area contributed by atoms with Gasteiger partial charge in [0.05, 0.1) is 0 Å². The number of carbonyl (C=O) groups is 1. The highest BCUT2D eigenvalue weighted by Crippen LogP contribution is 2.54. The van der Waals surface area contributed by atoms with Gasteiger partial charge in [-0.3, -0.25) is 4.79 Å². The van der Waals surface area contributed by atoms with Crippen LogP contribution in [0.1, 0.15) is 39.0 Å². The van der Waals surface area contributed by atoms with Crippen molar-refractivity contribution in [2.45, 2.75) is 44.6 Å². The fourth-order valence-electron chi connectivity index (χ4n) is 2.65. The van der Waals surface area contributed by atoms with E-state index in [4.69, 9.17) is 0 Å². The Bertz CT molecular complexity index is 212. The summed E-state index contributed by atoms with van der Waals surface area (Å²) in [6.07, 6.45) is 4.21. The third kappa shape index (κ3) is 0.684. The van der Waals surface area contributed by atoms with E-state index in [1.165, 1.54) is 0 Å². The molecular formula is C9H14O2. The van der Waals surface area contributed by atoms with Crippen LogP contribution in [0.25, 0.3) is 0 Å². The zero-order chi connectivity index (χ0) is 8.11. The average molecular weight is 154 g/mol. The van der Waals surface area contributed by atoms with Crippen LogP contribution in [0, 0.1) is 5.41 Å². The fourth-order valence-corrected chi connectivity index (χ4v) is 2.65. The molecule has 0 radical (unpaired) electrons. The number of hydrogen-bond donors (Lipinski definition) is 1. The van der Waals surface area contributed by atoms with Gasteiger partial charge in [0.2, 0.25) is 0 Å². The van der Waals surface area contributed by atoms with Gasteiger partial charge in [0.25, 0.3) is 0 Å². The van der Waals surface area contributed by atoms with Gasteiger partial charge in [-0.1, -0.05) is 6.92 Å². The number of hydrogen-bond acceptors (Lipinski definition) is 2. The van der Waals surface area contributed by atoms with Crippen molar-refractivity contribution in [3.8, 4) is 0 Å². The molecule has 0 aromatic rings. The quantitative estimate of drug-likeness (QED) is 0.570. The summed E-state index contributed by atoms with van der Waals surface area (Å²) in [6, 6.07) is 0. The number of ketones is 1. The molecular weight excluding hydrogens is 140 g/mol. The molecule has 0 spiro atoms. The molecule has 0 heterocycles. The summed E-state index contributed by atoms with van der Waals surface area (Å²) in [5, 5.41) is 10.0. The molecule has 0 bridgehead atoms. The van der Waals surface area contributed by atoms with Gasteiger partial charge in [-0.15, -0.1) is 0 Å². The van der Waals surface area contributed by atoms with Crippen LogP contribution in [0.4, 0.5) is 0 Å². The summed E-state index contributed by atoms with van der Waals surface area (Å²) >= 11 is 0. The first-order valence-corrected chi connectivity index (χ1v) is 4.34. The smallest absolute Gasteiger partial charge is 0.164 e. The summed E-state index contributed by atoms with van der Waals surface area (Å²) < 4.78 is 0. The molecule has 0 unspecified atom stereocenters. The first-order valence-electron chi connectivity index (χ1n) is 4.34. The number of rotatable bonds is 0. The molecule has 2 aliphatic rings. The van der Waals surface area contributed by atoms with Crippen LogP contribution in [0.2, 0.25) is 0 Å². The maximum Gasteiger partial charge on any atom is 0.164 e.